The Bertz CT molecular complexity index is 471. The van der Waals surface area contributed by atoms with Gasteiger partial charge in [0.05, 0.1) is 5.92 Å². The maximum absolute atomic E-state index is 11.1. The van der Waals surface area contributed by atoms with Crippen LogP contribution in [0.2, 0.25) is 0 Å². The van der Waals surface area contributed by atoms with E-state index in [-0.39, 0.29) is 6.42 Å². The van der Waals surface area contributed by atoms with Crippen molar-refractivity contribution in [2.45, 2.75) is 17.9 Å². The highest BCUT2D eigenvalue weighted by Crippen LogP contribution is 2.43. The van der Waals surface area contributed by atoms with Crippen LogP contribution in [0, 0.1) is 0 Å². The van der Waals surface area contributed by atoms with Crippen LogP contribution in [0.25, 0.3) is 0 Å². The number of fused-ring (bicyclic) bond motifs is 1. The van der Waals surface area contributed by atoms with Gasteiger partial charge in [-0.25, -0.2) is 4.79 Å². The number of carboxylic acids is 2. The molecule has 4 N–H and O–H groups in total. The molecule has 16 heavy (non-hydrogen) atoms. The highest BCUT2D eigenvalue weighted by molar-refractivity contribution is 5.88. The van der Waals surface area contributed by atoms with Gasteiger partial charge in [0.2, 0.25) is 0 Å². The van der Waals surface area contributed by atoms with E-state index >= 15 is 0 Å². The molecule has 0 fully saturated rings. The number of rotatable bonds is 2. The highest BCUT2D eigenvalue weighted by Gasteiger charge is 2.48. The monoisotopic (exact) mass is 221 g/mol. The lowest BCUT2D eigenvalue weighted by Crippen LogP contribution is -2.43. The number of aliphatic carboxylic acids is 2. The largest absolute Gasteiger partial charge is 0.481 e. The van der Waals surface area contributed by atoms with Crippen LogP contribution in [0.3, 0.4) is 0 Å². The third-order valence-electron chi connectivity index (χ3n) is 3.02. The van der Waals surface area contributed by atoms with Crippen molar-refractivity contribution in [3.05, 3.63) is 35.4 Å². The van der Waals surface area contributed by atoms with E-state index in [0.717, 1.165) is 0 Å². The predicted octanol–water partition coefficient (Wildman–Crippen LogP) is 0.497. The predicted molar refractivity (Wildman–Crippen MR) is 54.9 cm³/mol. The molecule has 0 radical (unpaired) electrons. The van der Waals surface area contributed by atoms with Crippen molar-refractivity contribution in [3.63, 3.8) is 0 Å². The summed E-state index contributed by atoms with van der Waals surface area (Å²) in [7, 11) is 0. The quantitative estimate of drug-likeness (QED) is 0.675. The zero-order chi connectivity index (χ0) is 11.9. The van der Waals surface area contributed by atoms with E-state index in [1.807, 2.05) is 0 Å². The van der Waals surface area contributed by atoms with E-state index in [4.69, 9.17) is 15.9 Å². The molecule has 0 saturated heterocycles. The first kappa shape index (κ1) is 10.6. The van der Waals surface area contributed by atoms with E-state index < -0.39 is 23.4 Å². The Balaban J connectivity index is 2.60. The fourth-order valence-corrected chi connectivity index (χ4v) is 2.17. The normalized spacial score (nSPS) is 27.4. The fourth-order valence-electron chi connectivity index (χ4n) is 2.17. The minimum atomic E-state index is -1.58. The second-order valence-electron chi connectivity index (χ2n) is 3.96. The summed E-state index contributed by atoms with van der Waals surface area (Å²) >= 11 is 0. The van der Waals surface area contributed by atoms with E-state index in [1.165, 1.54) is 0 Å². The van der Waals surface area contributed by atoms with E-state index in [9.17, 15) is 9.59 Å². The molecule has 1 aromatic rings. The van der Waals surface area contributed by atoms with Gasteiger partial charge in [-0.3, -0.25) is 4.79 Å². The standard InChI is InChI=1S/C11H11NO4/c12-11(10(15)16)5-7(9(13)14)6-3-1-2-4-8(6)11/h1-4,7H,5,12H2,(H,13,14)(H,15,16)/t7-,11-/m1/s1. The molecule has 1 aliphatic rings. The molecule has 0 amide bonds. The summed E-state index contributed by atoms with van der Waals surface area (Å²) in [5.74, 6) is -3.07. The molecule has 84 valence electrons. The number of benzene rings is 1. The molecule has 5 nitrogen and oxygen atoms in total. The molecule has 2 rings (SSSR count). The average Bonchev–Trinajstić information content (AvgIpc) is 2.55. The number of hydrogen-bond donors (Lipinski definition) is 3. The molecule has 1 aromatic carbocycles. The van der Waals surface area contributed by atoms with Gasteiger partial charge in [-0.15, -0.1) is 0 Å². The molecule has 2 atom stereocenters. The van der Waals surface area contributed by atoms with Crippen molar-refractivity contribution in [1.82, 2.24) is 0 Å². The van der Waals surface area contributed by atoms with Crippen molar-refractivity contribution in [2.24, 2.45) is 5.73 Å². The molecule has 0 spiro atoms. The lowest BCUT2D eigenvalue weighted by molar-refractivity contribution is -0.144. The lowest BCUT2D eigenvalue weighted by Gasteiger charge is -2.19. The van der Waals surface area contributed by atoms with Crippen molar-refractivity contribution in [2.75, 3.05) is 0 Å². The number of nitrogens with two attached hydrogens (primary N) is 1. The molecule has 0 bridgehead atoms. The Hall–Kier alpha value is -1.88. The van der Waals surface area contributed by atoms with Crippen LogP contribution in [0.1, 0.15) is 23.5 Å². The molecule has 5 heteroatoms. The maximum Gasteiger partial charge on any atom is 0.328 e. The van der Waals surface area contributed by atoms with Gasteiger partial charge in [0.25, 0.3) is 0 Å². The van der Waals surface area contributed by atoms with Gasteiger partial charge in [0.15, 0.2) is 0 Å². The number of carbonyl (C=O) groups is 2. The van der Waals surface area contributed by atoms with E-state index in [1.54, 1.807) is 24.3 Å². The third kappa shape index (κ3) is 1.29. The maximum atomic E-state index is 11.1. The fraction of sp³-hybridized carbons (Fsp3) is 0.273. The van der Waals surface area contributed by atoms with Crippen molar-refractivity contribution < 1.29 is 19.8 Å². The van der Waals surface area contributed by atoms with Crippen LogP contribution in [0.5, 0.6) is 0 Å². The highest BCUT2D eigenvalue weighted by atomic mass is 16.4. The number of hydrogen-bond acceptors (Lipinski definition) is 3. The van der Waals surface area contributed by atoms with Gasteiger partial charge < -0.3 is 15.9 Å². The smallest absolute Gasteiger partial charge is 0.328 e. The molecule has 0 aromatic heterocycles. The zero-order valence-electron chi connectivity index (χ0n) is 8.38. The Morgan fingerprint density at radius 1 is 1.31 bits per heavy atom. The van der Waals surface area contributed by atoms with Crippen LogP contribution >= 0.6 is 0 Å². The van der Waals surface area contributed by atoms with Crippen LogP contribution < -0.4 is 5.73 Å². The summed E-state index contributed by atoms with van der Waals surface area (Å²) in [6.45, 7) is 0. The van der Waals surface area contributed by atoms with Crippen molar-refractivity contribution in [1.29, 1.82) is 0 Å². The van der Waals surface area contributed by atoms with Crippen LogP contribution in [0.15, 0.2) is 24.3 Å². The van der Waals surface area contributed by atoms with Gasteiger partial charge in [-0.05, 0) is 17.5 Å². The van der Waals surface area contributed by atoms with E-state index in [2.05, 4.69) is 0 Å². The second-order valence-corrected chi connectivity index (χ2v) is 3.96. The van der Waals surface area contributed by atoms with Gasteiger partial charge in [-0.2, -0.15) is 0 Å². The van der Waals surface area contributed by atoms with Crippen molar-refractivity contribution >= 4 is 11.9 Å². The first-order chi connectivity index (χ1) is 7.47. The van der Waals surface area contributed by atoms with Crippen LogP contribution in [-0.2, 0) is 15.1 Å². The van der Waals surface area contributed by atoms with Gasteiger partial charge in [-0.1, -0.05) is 24.3 Å². The minimum Gasteiger partial charge on any atom is -0.481 e. The summed E-state index contributed by atoms with van der Waals surface area (Å²) in [6.07, 6.45) is -0.100. The Labute approximate surface area is 91.5 Å². The van der Waals surface area contributed by atoms with Crippen molar-refractivity contribution in [3.8, 4) is 0 Å². The summed E-state index contributed by atoms with van der Waals surface area (Å²) < 4.78 is 0. The molecule has 1 aliphatic carbocycles. The summed E-state index contributed by atoms with van der Waals surface area (Å²) in [4.78, 5) is 22.2. The molecule has 0 unspecified atom stereocenters. The summed E-state index contributed by atoms with van der Waals surface area (Å²) in [5, 5.41) is 18.1. The van der Waals surface area contributed by atoms with Crippen LogP contribution in [0.4, 0.5) is 0 Å². The summed E-state index contributed by atoms with van der Waals surface area (Å²) in [6, 6.07) is 6.54. The van der Waals surface area contributed by atoms with Gasteiger partial charge in [0, 0.05) is 0 Å². The lowest BCUT2D eigenvalue weighted by atomic mass is 9.93. The van der Waals surface area contributed by atoms with Gasteiger partial charge in [0.1, 0.15) is 5.54 Å². The Morgan fingerprint density at radius 3 is 2.50 bits per heavy atom. The zero-order valence-corrected chi connectivity index (χ0v) is 8.38. The summed E-state index contributed by atoms with van der Waals surface area (Å²) in [5.41, 5.74) is 5.09. The first-order valence-electron chi connectivity index (χ1n) is 4.81. The average molecular weight is 221 g/mol. The molecule has 0 saturated carbocycles. The Kier molecular flexibility index (Phi) is 2.20. The topological polar surface area (TPSA) is 101 Å². The molecular weight excluding hydrogens is 210 g/mol. The molecular formula is C11H11NO4. The second kappa shape index (κ2) is 3.31. The third-order valence-corrected chi connectivity index (χ3v) is 3.02. The van der Waals surface area contributed by atoms with Gasteiger partial charge >= 0.3 is 11.9 Å². The first-order valence-corrected chi connectivity index (χ1v) is 4.81. The Morgan fingerprint density at radius 2 is 1.94 bits per heavy atom. The number of carboxylic acid groups (broad SMARTS) is 2. The molecule has 0 heterocycles. The van der Waals surface area contributed by atoms with E-state index in [0.29, 0.717) is 11.1 Å². The van der Waals surface area contributed by atoms with Crippen LogP contribution in [-0.4, -0.2) is 22.2 Å². The molecule has 0 aliphatic heterocycles. The SMILES string of the molecule is N[C@]1(C(=O)O)C[C@@H](C(=O)O)c2ccccc21. The minimum absolute atomic E-state index is 0.100.